The number of rotatable bonds is 1. The summed E-state index contributed by atoms with van der Waals surface area (Å²) >= 11 is 0. The number of carbonyl (C=O) groups excluding carboxylic acids is 2. The van der Waals surface area contributed by atoms with Crippen LogP contribution in [0.25, 0.3) is 0 Å². The van der Waals surface area contributed by atoms with Gasteiger partial charge in [0, 0.05) is 17.6 Å². The van der Waals surface area contributed by atoms with Crippen molar-refractivity contribution in [3.8, 4) is 0 Å². The number of imide groups is 1. The molecule has 1 atom stereocenters. The molecule has 1 N–H and O–H groups in total. The molecule has 1 aliphatic heterocycles. The van der Waals surface area contributed by atoms with Crippen molar-refractivity contribution in [1.29, 1.82) is 0 Å². The fraction of sp³-hybridized carbons (Fsp3) is 0.231. The first-order valence-corrected chi connectivity index (χ1v) is 5.40. The molecule has 2 aliphatic rings. The smallest absolute Gasteiger partial charge is 0.254 e. The first kappa shape index (κ1) is 9.33. The van der Waals surface area contributed by atoms with Crippen LogP contribution in [0.5, 0.6) is 0 Å². The fourth-order valence-corrected chi connectivity index (χ4v) is 2.57. The quantitative estimate of drug-likeness (QED) is 0.715. The first-order chi connectivity index (χ1) is 7.75. The van der Waals surface area contributed by atoms with Gasteiger partial charge >= 0.3 is 0 Å². The number of hydrogen-bond donors (Lipinski definition) is 1. The lowest BCUT2D eigenvalue weighted by molar-refractivity contribution is -0.123. The lowest BCUT2D eigenvalue weighted by Crippen LogP contribution is -2.23. The third-order valence-corrected chi connectivity index (χ3v) is 3.29. The molecule has 0 aromatic heterocycles. The molecule has 3 rings (SSSR count). The van der Waals surface area contributed by atoms with Crippen molar-refractivity contribution in [1.82, 2.24) is 5.32 Å². The molecule has 80 valence electrons. The molecular weight excluding hydrogens is 202 g/mol. The summed E-state index contributed by atoms with van der Waals surface area (Å²) < 4.78 is 0. The van der Waals surface area contributed by atoms with E-state index in [1.807, 2.05) is 18.2 Å². The Morgan fingerprint density at radius 2 is 2.00 bits per heavy atom. The summed E-state index contributed by atoms with van der Waals surface area (Å²) in [5, 5.41) is 2.30. The predicted octanol–water partition coefficient (Wildman–Crippen LogP) is 1.30. The maximum atomic E-state index is 11.6. The Labute approximate surface area is 93.2 Å². The molecular formula is C13H11NO2. The Morgan fingerprint density at radius 1 is 1.19 bits per heavy atom. The third-order valence-electron chi connectivity index (χ3n) is 3.29. The highest BCUT2D eigenvalue weighted by Gasteiger charge is 2.32. The van der Waals surface area contributed by atoms with E-state index in [1.54, 1.807) is 0 Å². The van der Waals surface area contributed by atoms with Gasteiger partial charge in [-0.1, -0.05) is 24.3 Å². The minimum absolute atomic E-state index is 0.0997. The zero-order valence-electron chi connectivity index (χ0n) is 8.69. The van der Waals surface area contributed by atoms with Crippen molar-refractivity contribution in [3.63, 3.8) is 0 Å². The van der Waals surface area contributed by atoms with Gasteiger partial charge in [0.25, 0.3) is 11.8 Å². The van der Waals surface area contributed by atoms with E-state index in [2.05, 4.69) is 11.4 Å². The molecule has 1 heterocycles. The van der Waals surface area contributed by atoms with Gasteiger partial charge in [-0.05, 0) is 24.0 Å². The van der Waals surface area contributed by atoms with E-state index in [4.69, 9.17) is 0 Å². The summed E-state index contributed by atoms with van der Waals surface area (Å²) in [6.45, 7) is 0. The topological polar surface area (TPSA) is 46.2 Å². The fourth-order valence-electron chi connectivity index (χ4n) is 2.57. The van der Waals surface area contributed by atoms with Crippen LogP contribution in [-0.4, -0.2) is 11.8 Å². The predicted molar refractivity (Wildman–Crippen MR) is 58.7 cm³/mol. The average molecular weight is 213 g/mol. The van der Waals surface area contributed by atoms with Gasteiger partial charge in [0.1, 0.15) is 0 Å². The molecule has 1 aromatic carbocycles. The van der Waals surface area contributed by atoms with Gasteiger partial charge in [-0.15, -0.1) is 0 Å². The van der Waals surface area contributed by atoms with Crippen molar-refractivity contribution in [2.24, 2.45) is 0 Å². The second-order valence-electron chi connectivity index (χ2n) is 4.21. The van der Waals surface area contributed by atoms with Gasteiger partial charge in [0.05, 0.1) is 0 Å². The zero-order valence-corrected chi connectivity index (χ0v) is 8.69. The first-order valence-electron chi connectivity index (χ1n) is 5.40. The van der Waals surface area contributed by atoms with E-state index in [0.29, 0.717) is 5.57 Å². The SMILES string of the molecule is O=C1C=C(C2CCc3ccccc32)C(=O)N1. The highest BCUT2D eigenvalue weighted by Crippen LogP contribution is 2.38. The molecule has 3 heteroatoms. The van der Waals surface area contributed by atoms with Gasteiger partial charge in [-0.3, -0.25) is 14.9 Å². The lowest BCUT2D eigenvalue weighted by atomic mass is 9.93. The van der Waals surface area contributed by atoms with Gasteiger partial charge in [0.15, 0.2) is 0 Å². The van der Waals surface area contributed by atoms with Crippen molar-refractivity contribution in [3.05, 3.63) is 47.0 Å². The van der Waals surface area contributed by atoms with E-state index >= 15 is 0 Å². The van der Waals surface area contributed by atoms with E-state index in [-0.39, 0.29) is 17.7 Å². The van der Waals surface area contributed by atoms with Crippen LogP contribution < -0.4 is 5.32 Å². The number of fused-ring (bicyclic) bond motifs is 1. The molecule has 0 spiro atoms. The summed E-state index contributed by atoms with van der Waals surface area (Å²) in [5.41, 5.74) is 3.11. The molecule has 1 aromatic rings. The van der Waals surface area contributed by atoms with Gasteiger partial charge in [-0.25, -0.2) is 0 Å². The molecule has 0 bridgehead atoms. The van der Waals surface area contributed by atoms with Crippen LogP contribution in [0.3, 0.4) is 0 Å². The Balaban J connectivity index is 2.02. The Hall–Kier alpha value is -1.90. The number of amides is 2. The van der Waals surface area contributed by atoms with Crippen LogP contribution in [0.4, 0.5) is 0 Å². The average Bonchev–Trinajstić information content (AvgIpc) is 2.81. The van der Waals surface area contributed by atoms with E-state index in [0.717, 1.165) is 12.8 Å². The standard InChI is InChI=1S/C13H11NO2/c15-12-7-11(13(16)14-12)10-6-5-8-3-1-2-4-9(8)10/h1-4,7,10H,5-6H2,(H,14,15,16). The van der Waals surface area contributed by atoms with E-state index < -0.39 is 0 Å². The largest absolute Gasteiger partial charge is 0.289 e. The number of benzene rings is 1. The molecule has 0 radical (unpaired) electrons. The molecule has 1 unspecified atom stereocenters. The molecule has 0 fully saturated rings. The third kappa shape index (κ3) is 1.28. The van der Waals surface area contributed by atoms with Gasteiger partial charge in [0.2, 0.25) is 0 Å². The number of aryl methyl sites for hydroxylation is 1. The van der Waals surface area contributed by atoms with Crippen molar-refractivity contribution < 1.29 is 9.59 Å². The lowest BCUT2D eigenvalue weighted by Gasteiger charge is -2.10. The van der Waals surface area contributed by atoms with Crippen molar-refractivity contribution in [2.45, 2.75) is 18.8 Å². The normalized spacial score (nSPS) is 23.0. The van der Waals surface area contributed by atoms with Gasteiger partial charge < -0.3 is 0 Å². The number of hydrogen-bond acceptors (Lipinski definition) is 2. The summed E-state index contributed by atoms with van der Waals surface area (Å²) in [4.78, 5) is 22.7. The molecule has 0 saturated heterocycles. The number of carbonyl (C=O) groups is 2. The minimum atomic E-state index is -0.288. The van der Waals surface area contributed by atoms with Crippen LogP contribution in [0.2, 0.25) is 0 Å². The molecule has 3 nitrogen and oxygen atoms in total. The highest BCUT2D eigenvalue weighted by atomic mass is 16.2. The second kappa shape index (κ2) is 3.30. The van der Waals surface area contributed by atoms with E-state index in [1.165, 1.54) is 17.2 Å². The maximum Gasteiger partial charge on any atom is 0.254 e. The monoisotopic (exact) mass is 213 g/mol. The van der Waals surface area contributed by atoms with E-state index in [9.17, 15) is 9.59 Å². The molecule has 0 saturated carbocycles. The van der Waals surface area contributed by atoms with Crippen LogP contribution in [0.15, 0.2) is 35.9 Å². The van der Waals surface area contributed by atoms with Crippen LogP contribution in [-0.2, 0) is 16.0 Å². The molecule has 2 amide bonds. The molecule has 1 aliphatic carbocycles. The maximum absolute atomic E-state index is 11.6. The highest BCUT2D eigenvalue weighted by molar-refractivity contribution is 6.17. The minimum Gasteiger partial charge on any atom is -0.289 e. The summed E-state index contributed by atoms with van der Waals surface area (Å²) in [5.74, 6) is -0.418. The number of nitrogens with one attached hydrogen (secondary N) is 1. The van der Waals surface area contributed by atoms with Crippen LogP contribution in [0.1, 0.15) is 23.5 Å². The summed E-state index contributed by atoms with van der Waals surface area (Å²) in [7, 11) is 0. The van der Waals surface area contributed by atoms with Crippen molar-refractivity contribution >= 4 is 11.8 Å². The Bertz CT molecular complexity index is 516. The van der Waals surface area contributed by atoms with Crippen molar-refractivity contribution in [2.75, 3.05) is 0 Å². The molecule has 16 heavy (non-hydrogen) atoms. The van der Waals surface area contributed by atoms with Crippen LogP contribution >= 0.6 is 0 Å². The van der Waals surface area contributed by atoms with Gasteiger partial charge in [-0.2, -0.15) is 0 Å². The summed E-state index contributed by atoms with van der Waals surface area (Å²) in [6.07, 6.45) is 3.35. The summed E-state index contributed by atoms with van der Waals surface area (Å²) in [6, 6.07) is 8.12. The zero-order chi connectivity index (χ0) is 11.1. The Morgan fingerprint density at radius 3 is 2.75 bits per heavy atom. The van der Waals surface area contributed by atoms with Crippen LogP contribution in [0, 0.1) is 0 Å². The second-order valence-corrected chi connectivity index (χ2v) is 4.21. The Kier molecular flexibility index (Phi) is 1.93.